The van der Waals surface area contributed by atoms with E-state index < -0.39 is 17.8 Å². The van der Waals surface area contributed by atoms with E-state index in [4.69, 9.17) is 9.47 Å². The van der Waals surface area contributed by atoms with Crippen LogP contribution in [-0.4, -0.2) is 55.0 Å². The van der Waals surface area contributed by atoms with Gasteiger partial charge < -0.3 is 9.47 Å². The largest absolute Gasteiger partial charge is 0.490 e. The van der Waals surface area contributed by atoms with Crippen LogP contribution >= 0.6 is 15.9 Å². The predicted octanol–water partition coefficient (Wildman–Crippen LogP) is 3.65. The van der Waals surface area contributed by atoms with E-state index in [0.29, 0.717) is 17.9 Å². The summed E-state index contributed by atoms with van der Waals surface area (Å²) in [6.07, 6.45) is 1.44. The number of hydrogen-bond donors (Lipinski definition) is 0. The average Bonchev–Trinajstić information content (AvgIpc) is 2.74. The molecular formula is C22H21BrN2O5. The van der Waals surface area contributed by atoms with Crippen molar-refractivity contribution in [2.75, 3.05) is 27.3 Å². The highest BCUT2D eigenvalue weighted by Crippen LogP contribution is 2.27. The predicted molar refractivity (Wildman–Crippen MR) is 115 cm³/mol. The summed E-state index contributed by atoms with van der Waals surface area (Å²) >= 11 is 3.39. The normalized spacial score (nSPS) is 14.3. The SMILES string of the molecule is Cc1ccc(OCCOc2ccc(Br)cc2C=C2C(=O)N(C)C(=O)N(C)C2=O)cc1. The van der Waals surface area contributed by atoms with Gasteiger partial charge in [0.25, 0.3) is 11.8 Å². The molecule has 0 spiro atoms. The van der Waals surface area contributed by atoms with Crippen molar-refractivity contribution < 1.29 is 23.9 Å². The van der Waals surface area contributed by atoms with Crippen LogP contribution in [0.1, 0.15) is 11.1 Å². The summed E-state index contributed by atoms with van der Waals surface area (Å²) in [5.74, 6) is -0.0778. The van der Waals surface area contributed by atoms with Gasteiger partial charge in [-0.3, -0.25) is 19.4 Å². The van der Waals surface area contributed by atoms with Gasteiger partial charge in [0.05, 0.1) is 0 Å². The Morgan fingerprint density at radius 2 is 1.50 bits per heavy atom. The molecule has 1 heterocycles. The third kappa shape index (κ3) is 4.71. The van der Waals surface area contributed by atoms with Crippen LogP contribution in [0.4, 0.5) is 4.79 Å². The lowest BCUT2D eigenvalue weighted by Gasteiger charge is -2.29. The number of barbiturate groups is 1. The number of hydrogen-bond acceptors (Lipinski definition) is 5. The monoisotopic (exact) mass is 472 g/mol. The number of imide groups is 2. The third-order valence-electron chi connectivity index (χ3n) is 4.55. The van der Waals surface area contributed by atoms with Gasteiger partial charge in [0.2, 0.25) is 0 Å². The molecule has 0 N–H and O–H groups in total. The molecule has 0 atom stereocenters. The summed E-state index contributed by atoms with van der Waals surface area (Å²) in [5.41, 5.74) is 1.57. The first kappa shape index (κ1) is 21.6. The molecule has 0 aromatic heterocycles. The highest BCUT2D eigenvalue weighted by Gasteiger charge is 2.37. The fraction of sp³-hybridized carbons (Fsp3) is 0.227. The highest BCUT2D eigenvalue weighted by molar-refractivity contribution is 9.10. The molecule has 1 saturated heterocycles. The number of amides is 4. The van der Waals surface area contributed by atoms with Gasteiger partial charge in [-0.25, -0.2) is 4.79 Å². The molecule has 4 amide bonds. The first-order valence-electron chi connectivity index (χ1n) is 9.21. The van der Waals surface area contributed by atoms with Gasteiger partial charge in [-0.2, -0.15) is 0 Å². The molecule has 1 fully saturated rings. The van der Waals surface area contributed by atoms with Gasteiger partial charge in [0, 0.05) is 24.1 Å². The molecule has 1 aliphatic rings. The molecular weight excluding hydrogens is 452 g/mol. The zero-order valence-electron chi connectivity index (χ0n) is 16.8. The van der Waals surface area contributed by atoms with Crippen molar-refractivity contribution in [3.63, 3.8) is 0 Å². The van der Waals surface area contributed by atoms with Crippen LogP contribution in [0.25, 0.3) is 6.08 Å². The molecule has 30 heavy (non-hydrogen) atoms. The molecule has 3 rings (SSSR count). The Kier molecular flexibility index (Phi) is 6.56. The van der Waals surface area contributed by atoms with Gasteiger partial charge in [-0.1, -0.05) is 33.6 Å². The van der Waals surface area contributed by atoms with Gasteiger partial charge in [0.15, 0.2) is 0 Å². The third-order valence-corrected chi connectivity index (χ3v) is 5.04. The minimum absolute atomic E-state index is 0.113. The van der Waals surface area contributed by atoms with Crippen molar-refractivity contribution in [1.29, 1.82) is 0 Å². The number of carbonyl (C=O) groups excluding carboxylic acids is 3. The maximum absolute atomic E-state index is 12.5. The average molecular weight is 473 g/mol. The van der Waals surface area contributed by atoms with E-state index in [1.54, 1.807) is 18.2 Å². The Balaban J connectivity index is 1.75. The molecule has 7 nitrogen and oxygen atoms in total. The first-order valence-corrected chi connectivity index (χ1v) is 10.0. The molecule has 0 aliphatic carbocycles. The van der Waals surface area contributed by atoms with E-state index >= 15 is 0 Å². The second-order valence-corrected chi connectivity index (χ2v) is 7.68. The molecule has 156 valence electrons. The number of rotatable bonds is 6. The Labute approximate surface area is 183 Å². The van der Waals surface area contributed by atoms with E-state index in [-0.39, 0.29) is 12.2 Å². The van der Waals surface area contributed by atoms with Crippen LogP contribution in [0.15, 0.2) is 52.5 Å². The van der Waals surface area contributed by atoms with Crippen molar-refractivity contribution in [1.82, 2.24) is 9.80 Å². The topological polar surface area (TPSA) is 76.2 Å². The number of halogens is 1. The number of urea groups is 1. The van der Waals surface area contributed by atoms with Gasteiger partial charge in [-0.15, -0.1) is 0 Å². The molecule has 0 radical (unpaired) electrons. The Morgan fingerprint density at radius 3 is 2.13 bits per heavy atom. The van der Waals surface area contributed by atoms with Crippen LogP contribution in [0, 0.1) is 6.92 Å². The van der Waals surface area contributed by atoms with Crippen LogP contribution in [0.2, 0.25) is 0 Å². The fourth-order valence-electron chi connectivity index (χ4n) is 2.84. The van der Waals surface area contributed by atoms with Crippen LogP contribution in [0.5, 0.6) is 11.5 Å². The minimum Gasteiger partial charge on any atom is -0.490 e. The van der Waals surface area contributed by atoms with E-state index in [1.165, 1.54) is 20.2 Å². The lowest BCUT2D eigenvalue weighted by atomic mass is 10.1. The fourth-order valence-corrected chi connectivity index (χ4v) is 3.22. The summed E-state index contributed by atoms with van der Waals surface area (Å²) in [7, 11) is 2.67. The smallest absolute Gasteiger partial charge is 0.333 e. The maximum atomic E-state index is 12.5. The summed E-state index contributed by atoms with van der Waals surface area (Å²) in [6.45, 7) is 2.60. The lowest BCUT2D eigenvalue weighted by molar-refractivity contribution is -0.134. The molecule has 0 bridgehead atoms. The quantitative estimate of drug-likeness (QED) is 0.364. The van der Waals surface area contributed by atoms with E-state index in [9.17, 15) is 14.4 Å². The summed E-state index contributed by atoms with van der Waals surface area (Å²) < 4.78 is 12.2. The summed E-state index contributed by atoms with van der Waals surface area (Å²) in [6, 6.07) is 12.3. The second kappa shape index (κ2) is 9.13. The summed E-state index contributed by atoms with van der Waals surface area (Å²) in [5, 5.41) is 0. The second-order valence-electron chi connectivity index (χ2n) is 6.76. The number of carbonyl (C=O) groups is 3. The Bertz CT molecular complexity index is 991. The zero-order chi connectivity index (χ0) is 21.8. The number of ether oxygens (including phenoxy) is 2. The lowest BCUT2D eigenvalue weighted by Crippen LogP contribution is -2.52. The molecule has 2 aromatic carbocycles. The number of likely N-dealkylation sites (N-methyl/N-ethyl adjacent to an activating group) is 2. The number of benzene rings is 2. The van der Waals surface area contributed by atoms with E-state index in [0.717, 1.165) is 25.6 Å². The number of nitrogens with zero attached hydrogens (tertiary/aromatic N) is 2. The zero-order valence-corrected chi connectivity index (χ0v) is 18.4. The van der Waals surface area contributed by atoms with Crippen LogP contribution in [0.3, 0.4) is 0 Å². The number of aryl methyl sites for hydroxylation is 1. The first-order chi connectivity index (χ1) is 14.3. The minimum atomic E-state index is -0.666. The Morgan fingerprint density at radius 1 is 0.900 bits per heavy atom. The maximum Gasteiger partial charge on any atom is 0.333 e. The van der Waals surface area contributed by atoms with Crippen molar-refractivity contribution in [2.45, 2.75) is 6.92 Å². The van der Waals surface area contributed by atoms with E-state index in [2.05, 4.69) is 15.9 Å². The van der Waals surface area contributed by atoms with Gasteiger partial charge >= 0.3 is 6.03 Å². The van der Waals surface area contributed by atoms with Crippen molar-refractivity contribution >= 4 is 39.9 Å². The summed E-state index contributed by atoms with van der Waals surface area (Å²) in [4.78, 5) is 38.6. The van der Waals surface area contributed by atoms with Crippen molar-refractivity contribution in [3.05, 3.63) is 63.6 Å². The van der Waals surface area contributed by atoms with Gasteiger partial charge in [-0.05, 0) is 43.3 Å². The standard InChI is InChI=1S/C22H21BrN2O5/c1-14-4-7-17(8-5-14)29-10-11-30-19-9-6-16(23)12-15(19)13-18-20(26)24(2)22(28)25(3)21(18)27/h4-9,12-13H,10-11H2,1-3H3. The highest BCUT2D eigenvalue weighted by atomic mass is 79.9. The Hall–Kier alpha value is -3.13. The molecule has 0 unspecified atom stereocenters. The molecule has 0 saturated carbocycles. The van der Waals surface area contributed by atoms with Crippen molar-refractivity contribution in [2.24, 2.45) is 0 Å². The van der Waals surface area contributed by atoms with E-state index in [1.807, 2.05) is 31.2 Å². The van der Waals surface area contributed by atoms with Crippen LogP contribution < -0.4 is 9.47 Å². The van der Waals surface area contributed by atoms with Crippen LogP contribution in [-0.2, 0) is 9.59 Å². The molecule has 1 aliphatic heterocycles. The molecule has 2 aromatic rings. The van der Waals surface area contributed by atoms with Gasteiger partial charge in [0.1, 0.15) is 30.3 Å². The van der Waals surface area contributed by atoms with Crippen molar-refractivity contribution in [3.8, 4) is 11.5 Å². The molecule has 8 heteroatoms.